The largest absolute Gasteiger partial charge is 0.486 e. The number of carbonyl (C=O) groups is 1. The van der Waals surface area contributed by atoms with E-state index in [1.54, 1.807) is 24.3 Å². The zero-order valence-electron chi connectivity index (χ0n) is 21.7. The molecule has 1 amide bonds. The average Bonchev–Trinajstić information content (AvgIpc) is 2.96. The van der Waals surface area contributed by atoms with Gasteiger partial charge in [0.05, 0.1) is 15.5 Å². The molecule has 1 saturated heterocycles. The monoisotopic (exact) mass is 589 g/mol. The number of aryl methyl sites for hydroxylation is 1. The van der Waals surface area contributed by atoms with E-state index in [1.807, 2.05) is 6.92 Å². The maximum Gasteiger partial charge on any atom is 0.264 e. The van der Waals surface area contributed by atoms with Crippen LogP contribution in [0.1, 0.15) is 5.56 Å². The summed E-state index contributed by atoms with van der Waals surface area (Å²) in [5.41, 5.74) is 1.04. The maximum atomic E-state index is 13.8. The molecule has 3 aromatic carbocycles. The number of hydrogen-bond donors (Lipinski definition) is 0. The minimum Gasteiger partial charge on any atom is -0.486 e. The summed E-state index contributed by atoms with van der Waals surface area (Å²) in [6, 6.07) is 15.5. The fourth-order valence-corrected chi connectivity index (χ4v) is 7.35. The first kappa shape index (κ1) is 27.9. The van der Waals surface area contributed by atoms with E-state index in [1.165, 1.54) is 39.5 Å². The van der Waals surface area contributed by atoms with E-state index in [9.17, 15) is 26.0 Å². The van der Waals surface area contributed by atoms with E-state index in [-0.39, 0.29) is 54.0 Å². The molecular weight excluding hydrogens is 561 g/mol. The zero-order valence-corrected chi connectivity index (χ0v) is 23.3. The first-order valence-electron chi connectivity index (χ1n) is 12.6. The Morgan fingerprint density at radius 3 is 2.08 bits per heavy atom. The van der Waals surface area contributed by atoms with Crippen LogP contribution in [0, 0.1) is 12.7 Å². The number of anilines is 1. The smallest absolute Gasteiger partial charge is 0.264 e. The van der Waals surface area contributed by atoms with Gasteiger partial charge < -0.3 is 14.4 Å². The van der Waals surface area contributed by atoms with Crippen molar-refractivity contribution in [3.63, 3.8) is 0 Å². The molecule has 10 nitrogen and oxygen atoms in total. The second-order valence-electron chi connectivity index (χ2n) is 9.39. The Kier molecular flexibility index (Phi) is 7.71. The van der Waals surface area contributed by atoms with Crippen LogP contribution >= 0.6 is 0 Å². The number of benzene rings is 3. The number of piperazine rings is 1. The van der Waals surface area contributed by atoms with Crippen LogP contribution in [0.3, 0.4) is 0 Å². The number of fused-ring (bicyclic) bond motifs is 1. The first-order valence-corrected chi connectivity index (χ1v) is 15.5. The van der Waals surface area contributed by atoms with Gasteiger partial charge in [0.2, 0.25) is 15.9 Å². The van der Waals surface area contributed by atoms with Crippen LogP contribution in [0.4, 0.5) is 10.1 Å². The van der Waals surface area contributed by atoms with Gasteiger partial charge in [-0.3, -0.25) is 9.10 Å². The lowest BCUT2D eigenvalue weighted by Crippen LogP contribution is -2.53. The molecule has 0 radical (unpaired) electrons. The molecule has 1 fully saturated rings. The van der Waals surface area contributed by atoms with E-state index in [0.29, 0.717) is 12.4 Å². The molecule has 0 saturated carbocycles. The van der Waals surface area contributed by atoms with Crippen LogP contribution in [0.25, 0.3) is 0 Å². The van der Waals surface area contributed by atoms with Gasteiger partial charge in [0.15, 0.2) is 11.5 Å². The molecule has 0 unspecified atom stereocenters. The lowest BCUT2D eigenvalue weighted by Gasteiger charge is -2.35. The zero-order chi connectivity index (χ0) is 28.5. The van der Waals surface area contributed by atoms with Gasteiger partial charge in [-0.2, -0.15) is 4.31 Å². The molecule has 2 aliphatic rings. The van der Waals surface area contributed by atoms with Gasteiger partial charge in [0, 0.05) is 32.2 Å². The van der Waals surface area contributed by atoms with Gasteiger partial charge in [0.1, 0.15) is 25.6 Å². The highest BCUT2D eigenvalue weighted by Crippen LogP contribution is 2.34. The van der Waals surface area contributed by atoms with Gasteiger partial charge in [-0.25, -0.2) is 21.2 Å². The number of nitrogens with zero attached hydrogens (tertiary/aromatic N) is 3. The van der Waals surface area contributed by atoms with E-state index in [2.05, 4.69) is 0 Å². The summed E-state index contributed by atoms with van der Waals surface area (Å²) in [7, 11) is -8.02. The normalized spacial score (nSPS) is 16.0. The van der Waals surface area contributed by atoms with Crippen LogP contribution in [-0.4, -0.2) is 77.9 Å². The van der Waals surface area contributed by atoms with E-state index < -0.39 is 38.3 Å². The SMILES string of the molecule is Cc1ccc(S(=O)(=O)N2CCN(C(=O)CN(c3ccc(F)cc3)S(=O)(=O)c3ccc4c(c3)OCCO4)CC2)cc1. The van der Waals surface area contributed by atoms with Crippen molar-refractivity contribution in [1.29, 1.82) is 0 Å². The van der Waals surface area contributed by atoms with Gasteiger partial charge in [-0.15, -0.1) is 0 Å². The Morgan fingerprint density at radius 1 is 0.825 bits per heavy atom. The predicted molar refractivity (Wildman–Crippen MR) is 145 cm³/mol. The minimum absolute atomic E-state index is 0.0629. The van der Waals surface area contributed by atoms with Crippen LogP contribution in [-0.2, 0) is 24.8 Å². The second kappa shape index (κ2) is 11.1. The molecule has 0 bridgehead atoms. The van der Waals surface area contributed by atoms with Crippen molar-refractivity contribution < 1.29 is 35.5 Å². The predicted octanol–water partition coefficient (Wildman–Crippen LogP) is 2.63. The number of ether oxygens (including phenoxy) is 2. The molecule has 2 heterocycles. The summed E-state index contributed by atoms with van der Waals surface area (Å²) in [4.78, 5) is 14.8. The van der Waals surface area contributed by atoms with Crippen LogP contribution in [0.15, 0.2) is 76.5 Å². The second-order valence-corrected chi connectivity index (χ2v) is 13.2. The summed E-state index contributed by atoms with van der Waals surface area (Å²) in [5.74, 6) is -0.396. The summed E-state index contributed by atoms with van der Waals surface area (Å²) >= 11 is 0. The van der Waals surface area contributed by atoms with Crippen molar-refractivity contribution in [2.24, 2.45) is 0 Å². The Bertz CT molecular complexity index is 1600. The van der Waals surface area contributed by atoms with Crippen molar-refractivity contribution >= 4 is 31.6 Å². The highest BCUT2D eigenvalue weighted by molar-refractivity contribution is 7.92. The number of carbonyl (C=O) groups excluding carboxylic acids is 1. The highest BCUT2D eigenvalue weighted by Gasteiger charge is 2.34. The summed E-state index contributed by atoms with van der Waals surface area (Å²) < 4.78 is 80.5. The maximum absolute atomic E-state index is 13.8. The lowest BCUT2D eigenvalue weighted by atomic mass is 10.2. The molecule has 0 spiro atoms. The average molecular weight is 590 g/mol. The van der Waals surface area contributed by atoms with Crippen molar-refractivity contribution in [1.82, 2.24) is 9.21 Å². The number of rotatable bonds is 7. The lowest BCUT2D eigenvalue weighted by molar-refractivity contribution is -0.130. The number of halogens is 1. The van der Waals surface area contributed by atoms with Crippen molar-refractivity contribution in [2.45, 2.75) is 16.7 Å². The summed E-state index contributed by atoms with van der Waals surface area (Å²) in [6.45, 7) is 2.21. The fourth-order valence-electron chi connectivity index (χ4n) is 4.49. The van der Waals surface area contributed by atoms with Gasteiger partial charge in [-0.05, 0) is 55.5 Å². The molecule has 3 aromatic rings. The quantitative estimate of drug-likeness (QED) is 0.416. The number of hydrogen-bond acceptors (Lipinski definition) is 7. The van der Waals surface area contributed by atoms with E-state index in [4.69, 9.17) is 9.47 Å². The van der Waals surface area contributed by atoms with Gasteiger partial charge in [-0.1, -0.05) is 17.7 Å². The molecular formula is C27H28FN3O7S2. The molecule has 2 aliphatic heterocycles. The molecule has 40 heavy (non-hydrogen) atoms. The standard InChI is InChI=1S/C27H28FN3O7S2/c1-20-2-8-23(9-3-20)39(33,34)30-14-12-29(13-15-30)27(32)19-31(22-6-4-21(28)5-7-22)40(35,36)24-10-11-25-26(18-24)38-17-16-37-25/h2-11,18H,12-17,19H2,1H3. The molecule has 5 rings (SSSR count). The van der Waals surface area contributed by atoms with Crippen molar-refractivity contribution in [2.75, 3.05) is 50.2 Å². The Labute approximate surface area is 232 Å². The third-order valence-corrected chi connectivity index (χ3v) is 10.4. The molecule has 0 N–H and O–H groups in total. The highest BCUT2D eigenvalue weighted by atomic mass is 32.2. The topological polar surface area (TPSA) is 114 Å². The fraction of sp³-hybridized carbons (Fsp3) is 0.296. The van der Waals surface area contributed by atoms with Gasteiger partial charge in [0.25, 0.3) is 10.0 Å². The van der Waals surface area contributed by atoms with Crippen LogP contribution < -0.4 is 13.8 Å². The van der Waals surface area contributed by atoms with Crippen LogP contribution in [0.5, 0.6) is 11.5 Å². The van der Waals surface area contributed by atoms with Gasteiger partial charge >= 0.3 is 0 Å². The Morgan fingerprint density at radius 2 is 1.43 bits per heavy atom. The van der Waals surface area contributed by atoms with Crippen LogP contribution in [0.2, 0.25) is 0 Å². The number of amides is 1. The molecule has 0 aromatic heterocycles. The minimum atomic E-state index is -4.29. The first-order chi connectivity index (χ1) is 19.1. The summed E-state index contributed by atoms with van der Waals surface area (Å²) in [6.07, 6.45) is 0. The number of sulfonamides is 2. The molecule has 0 aliphatic carbocycles. The van der Waals surface area contributed by atoms with Crippen molar-refractivity contribution in [3.05, 3.63) is 78.1 Å². The third kappa shape index (κ3) is 5.62. The summed E-state index contributed by atoms with van der Waals surface area (Å²) in [5, 5.41) is 0. The Balaban J connectivity index is 1.35. The van der Waals surface area contributed by atoms with E-state index in [0.717, 1.165) is 22.0 Å². The van der Waals surface area contributed by atoms with E-state index >= 15 is 0 Å². The van der Waals surface area contributed by atoms with Crippen molar-refractivity contribution in [3.8, 4) is 11.5 Å². The molecule has 0 atom stereocenters. The third-order valence-electron chi connectivity index (χ3n) is 6.75. The Hall–Kier alpha value is -3.68. The molecule has 13 heteroatoms. The molecule has 212 valence electrons.